The molecule has 1 aromatic rings. The second kappa shape index (κ2) is 5.54. The molecule has 1 heterocycles. The minimum Gasteiger partial charge on any atom is -0.374 e. The van der Waals surface area contributed by atoms with E-state index in [1.807, 2.05) is 0 Å². The summed E-state index contributed by atoms with van der Waals surface area (Å²) in [6.07, 6.45) is 2.63. The van der Waals surface area contributed by atoms with Gasteiger partial charge in [-0.3, -0.25) is 0 Å². The molecule has 0 aliphatic carbocycles. The lowest BCUT2D eigenvalue weighted by Gasteiger charge is -2.29. The molecule has 1 aromatic carbocycles. The molecule has 17 heavy (non-hydrogen) atoms. The number of hydrogen-bond acceptors (Lipinski definition) is 2. The Morgan fingerprint density at radius 3 is 2.65 bits per heavy atom. The number of anilines is 1. The third-order valence-electron chi connectivity index (χ3n) is 3.77. The van der Waals surface area contributed by atoms with E-state index in [9.17, 15) is 0 Å². The van der Waals surface area contributed by atoms with Crippen LogP contribution in [0.15, 0.2) is 18.2 Å². The van der Waals surface area contributed by atoms with Crippen LogP contribution in [-0.2, 0) is 0 Å². The third-order valence-corrected chi connectivity index (χ3v) is 3.77. The molecule has 0 saturated carbocycles. The SMILES string of the molecule is Cc1ccc(C)c(N(C)CC2CCNCC2)c1. The van der Waals surface area contributed by atoms with Crippen molar-refractivity contribution in [1.29, 1.82) is 0 Å². The lowest BCUT2D eigenvalue weighted by Crippen LogP contribution is -2.34. The molecule has 1 saturated heterocycles. The van der Waals surface area contributed by atoms with Crippen molar-refractivity contribution >= 4 is 5.69 Å². The van der Waals surface area contributed by atoms with Crippen LogP contribution in [0.25, 0.3) is 0 Å². The van der Waals surface area contributed by atoms with Gasteiger partial charge in [-0.15, -0.1) is 0 Å². The van der Waals surface area contributed by atoms with Gasteiger partial charge in [0, 0.05) is 19.3 Å². The molecular weight excluding hydrogens is 208 g/mol. The van der Waals surface area contributed by atoms with E-state index in [1.54, 1.807) is 0 Å². The predicted molar refractivity (Wildman–Crippen MR) is 74.8 cm³/mol. The number of hydrogen-bond donors (Lipinski definition) is 1. The van der Waals surface area contributed by atoms with Crippen molar-refractivity contribution in [3.05, 3.63) is 29.3 Å². The molecule has 0 spiro atoms. The molecule has 0 aromatic heterocycles. The number of aryl methyl sites for hydroxylation is 2. The molecule has 2 rings (SSSR count). The number of piperidine rings is 1. The van der Waals surface area contributed by atoms with Crippen LogP contribution < -0.4 is 10.2 Å². The van der Waals surface area contributed by atoms with Crippen LogP contribution in [0.1, 0.15) is 24.0 Å². The summed E-state index contributed by atoms with van der Waals surface area (Å²) in [5, 5.41) is 3.43. The van der Waals surface area contributed by atoms with Gasteiger partial charge in [-0.05, 0) is 62.9 Å². The number of benzene rings is 1. The first kappa shape index (κ1) is 12.4. The van der Waals surface area contributed by atoms with E-state index >= 15 is 0 Å². The van der Waals surface area contributed by atoms with E-state index in [0.29, 0.717) is 0 Å². The van der Waals surface area contributed by atoms with E-state index in [-0.39, 0.29) is 0 Å². The highest BCUT2D eigenvalue weighted by molar-refractivity contribution is 5.54. The van der Waals surface area contributed by atoms with Crippen molar-refractivity contribution in [3.63, 3.8) is 0 Å². The van der Waals surface area contributed by atoms with Gasteiger partial charge in [0.05, 0.1) is 0 Å². The molecule has 0 atom stereocenters. The normalized spacial score (nSPS) is 17.1. The Labute approximate surface area is 105 Å². The zero-order valence-electron chi connectivity index (χ0n) is 11.3. The Morgan fingerprint density at radius 2 is 1.94 bits per heavy atom. The maximum atomic E-state index is 3.43. The fourth-order valence-corrected chi connectivity index (χ4v) is 2.68. The molecule has 1 aliphatic heterocycles. The summed E-state index contributed by atoms with van der Waals surface area (Å²) in [4.78, 5) is 2.43. The molecule has 2 heteroatoms. The van der Waals surface area contributed by atoms with E-state index in [1.165, 1.54) is 49.3 Å². The maximum absolute atomic E-state index is 3.43. The summed E-state index contributed by atoms with van der Waals surface area (Å²) in [7, 11) is 2.23. The monoisotopic (exact) mass is 232 g/mol. The zero-order valence-corrected chi connectivity index (χ0v) is 11.3. The molecule has 0 unspecified atom stereocenters. The van der Waals surface area contributed by atoms with Gasteiger partial charge < -0.3 is 10.2 Å². The summed E-state index contributed by atoms with van der Waals surface area (Å²) in [5.74, 6) is 0.848. The maximum Gasteiger partial charge on any atom is 0.0396 e. The average Bonchev–Trinajstić information content (AvgIpc) is 2.33. The first-order chi connectivity index (χ1) is 8.16. The molecule has 0 radical (unpaired) electrons. The van der Waals surface area contributed by atoms with Gasteiger partial charge in [-0.25, -0.2) is 0 Å². The molecule has 1 aliphatic rings. The van der Waals surface area contributed by atoms with Crippen molar-refractivity contribution in [2.24, 2.45) is 5.92 Å². The summed E-state index contributed by atoms with van der Waals surface area (Å²) in [6, 6.07) is 6.72. The van der Waals surface area contributed by atoms with Crippen molar-refractivity contribution in [1.82, 2.24) is 5.32 Å². The Bertz CT molecular complexity index is 367. The standard InChI is InChI=1S/C15H24N2/c1-12-4-5-13(2)15(10-12)17(3)11-14-6-8-16-9-7-14/h4-5,10,14,16H,6-9,11H2,1-3H3. The van der Waals surface area contributed by atoms with Gasteiger partial charge in [-0.1, -0.05) is 12.1 Å². The molecule has 0 amide bonds. The van der Waals surface area contributed by atoms with E-state index in [2.05, 4.69) is 49.3 Å². The number of nitrogens with zero attached hydrogens (tertiary/aromatic N) is 1. The zero-order chi connectivity index (χ0) is 12.3. The van der Waals surface area contributed by atoms with Crippen molar-refractivity contribution < 1.29 is 0 Å². The summed E-state index contributed by atoms with van der Waals surface area (Å²) in [6.45, 7) is 7.93. The van der Waals surface area contributed by atoms with Crippen LogP contribution in [0.3, 0.4) is 0 Å². The van der Waals surface area contributed by atoms with Crippen LogP contribution in [0.2, 0.25) is 0 Å². The van der Waals surface area contributed by atoms with E-state index < -0.39 is 0 Å². The molecule has 94 valence electrons. The number of nitrogens with one attached hydrogen (secondary N) is 1. The van der Waals surface area contributed by atoms with Crippen LogP contribution in [0.4, 0.5) is 5.69 Å². The van der Waals surface area contributed by atoms with Crippen LogP contribution in [0.5, 0.6) is 0 Å². The Kier molecular flexibility index (Phi) is 4.06. The van der Waals surface area contributed by atoms with Crippen LogP contribution in [-0.4, -0.2) is 26.7 Å². The topological polar surface area (TPSA) is 15.3 Å². The fourth-order valence-electron chi connectivity index (χ4n) is 2.68. The largest absolute Gasteiger partial charge is 0.374 e. The van der Waals surface area contributed by atoms with Crippen molar-refractivity contribution in [3.8, 4) is 0 Å². The van der Waals surface area contributed by atoms with E-state index in [0.717, 1.165) is 5.92 Å². The summed E-state index contributed by atoms with van der Waals surface area (Å²) < 4.78 is 0. The Morgan fingerprint density at radius 1 is 1.24 bits per heavy atom. The quantitative estimate of drug-likeness (QED) is 0.862. The van der Waals surface area contributed by atoms with Gasteiger partial charge in [0.15, 0.2) is 0 Å². The molecule has 0 bridgehead atoms. The molecule has 1 fully saturated rings. The minimum atomic E-state index is 0.848. The highest BCUT2D eigenvalue weighted by Gasteiger charge is 2.16. The summed E-state index contributed by atoms with van der Waals surface area (Å²) >= 11 is 0. The van der Waals surface area contributed by atoms with Gasteiger partial charge in [0.2, 0.25) is 0 Å². The van der Waals surface area contributed by atoms with Gasteiger partial charge in [-0.2, -0.15) is 0 Å². The van der Waals surface area contributed by atoms with Gasteiger partial charge >= 0.3 is 0 Å². The third kappa shape index (κ3) is 3.22. The first-order valence-corrected chi connectivity index (χ1v) is 6.66. The van der Waals surface area contributed by atoms with E-state index in [4.69, 9.17) is 0 Å². The molecule has 1 N–H and O–H groups in total. The second-order valence-corrected chi connectivity index (χ2v) is 5.36. The second-order valence-electron chi connectivity index (χ2n) is 5.36. The lowest BCUT2D eigenvalue weighted by atomic mass is 9.97. The Hall–Kier alpha value is -1.02. The highest BCUT2D eigenvalue weighted by atomic mass is 15.1. The fraction of sp³-hybridized carbons (Fsp3) is 0.600. The van der Waals surface area contributed by atoms with Crippen LogP contribution in [0, 0.1) is 19.8 Å². The summed E-state index contributed by atoms with van der Waals surface area (Å²) in [5.41, 5.74) is 4.12. The van der Waals surface area contributed by atoms with Crippen molar-refractivity contribution in [2.45, 2.75) is 26.7 Å². The highest BCUT2D eigenvalue weighted by Crippen LogP contribution is 2.23. The van der Waals surface area contributed by atoms with Crippen LogP contribution >= 0.6 is 0 Å². The molecule has 2 nitrogen and oxygen atoms in total. The number of rotatable bonds is 3. The van der Waals surface area contributed by atoms with Gasteiger partial charge in [0.1, 0.15) is 0 Å². The lowest BCUT2D eigenvalue weighted by molar-refractivity contribution is 0.378. The average molecular weight is 232 g/mol. The molecular formula is C15H24N2. The smallest absolute Gasteiger partial charge is 0.0396 e. The predicted octanol–water partition coefficient (Wildman–Crippen LogP) is 2.74. The van der Waals surface area contributed by atoms with Gasteiger partial charge in [0.25, 0.3) is 0 Å². The first-order valence-electron chi connectivity index (χ1n) is 6.66. The Balaban J connectivity index is 2.02. The van der Waals surface area contributed by atoms with Crippen molar-refractivity contribution in [2.75, 3.05) is 31.6 Å². The minimum absolute atomic E-state index is 0.848.